The van der Waals surface area contributed by atoms with Gasteiger partial charge in [-0.2, -0.15) is 0 Å². The average Bonchev–Trinajstić information content (AvgIpc) is 3.23. The molecule has 1 saturated carbocycles. The maximum absolute atomic E-state index is 14.7. The topological polar surface area (TPSA) is 81.2 Å². The van der Waals surface area contributed by atoms with E-state index in [-0.39, 0.29) is 36.3 Å². The fraction of sp³-hybridized carbons (Fsp3) is 0.606. The Hall–Kier alpha value is -2.58. The third-order valence-electron chi connectivity index (χ3n) is 10.2. The zero-order valence-electron chi connectivity index (χ0n) is 24.4. The Morgan fingerprint density at radius 1 is 0.927 bits per heavy atom. The molecule has 1 N–H and O–H groups in total. The number of nitrogens with zero attached hydrogens (tertiary/aromatic N) is 3. The lowest BCUT2D eigenvalue weighted by molar-refractivity contribution is -0.149. The minimum atomic E-state index is -0.880. The van der Waals surface area contributed by atoms with Crippen LogP contribution in [0.3, 0.4) is 0 Å². The van der Waals surface area contributed by atoms with E-state index in [1.54, 1.807) is 16.7 Å². The smallest absolute Gasteiger partial charge is 0.247 e. The molecule has 6 rings (SSSR count). The molecule has 1 spiro atoms. The fourth-order valence-corrected chi connectivity index (χ4v) is 10.3. The summed E-state index contributed by atoms with van der Waals surface area (Å²) in [5.41, 5.74) is 1.04. The van der Waals surface area contributed by atoms with Crippen LogP contribution in [0, 0.1) is 17.8 Å². The summed E-state index contributed by atoms with van der Waals surface area (Å²) in [6, 6.07) is 8.86. The van der Waals surface area contributed by atoms with E-state index in [2.05, 4.69) is 31.2 Å². The van der Waals surface area contributed by atoms with E-state index >= 15 is 0 Å². The molecular formula is C33H43N3O4S. The van der Waals surface area contributed by atoms with E-state index in [0.29, 0.717) is 19.6 Å². The highest BCUT2D eigenvalue weighted by molar-refractivity contribution is 8.02. The molecule has 0 aromatic heterocycles. The van der Waals surface area contributed by atoms with Gasteiger partial charge in [0.2, 0.25) is 17.7 Å². The van der Waals surface area contributed by atoms with Crippen molar-refractivity contribution in [2.75, 3.05) is 19.7 Å². The summed E-state index contributed by atoms with van der Waals surface area (Å²) in [7, 11) is 0. The van der Waals surface area contributed by atoms with Gasteiger partial charge in [0.15, 0.2) is 0 Å². The fourth-order valence-electron chi connectivity index (χ4n) is 8.17. The molecule has 1 unspecified atom stereocenters. The zero-order chi connectivity index (χ0) is 28.9. The first-order chi connectivity index (χ1) is 19.7. The molecule has 5 aliphatic rings. The first-order valence-corrected chi connectivity index (χ1v) is 16.2. The molecule has 4 aliphatic heterocycles. The minimum Gasteiger partial charge on any atom is -0.394 e. The van der Waals surface area contributed by atoms with Gasteiger partial charge >= 0.3 is 0 Å². The van der Waals surface area contributed by atoms with Gasteiger partial charge in [0.1, 0.15) is 6.04 Å². The Balaban J connectivity index is 1.44. The Bertz CT molecular complexity index is 1240. The number of carbonyl (C=O) groups is 3. The van der Waals surface area contributed by atoms with Crippen LogP contribution in [0.2, 0.25) is 0 Å². The molecule has 8 heteroatoms. The molecule has 2 saturated heterocycles. The van der Waals surface area contributed by atoms with Crippen molar-refractivity contribution in [3.8, 4) is 0 Å². The summed E-state index contributed by atoms with van der Waals surface area (Å²) in [5.74, 6) is -1.57. The van der Waals surface area contributed by atoms with Gasteiger partial charge in [0, 0.05) is 30.4 Å². The summed E-state index contributed by atoms with van der Waals surface area (Å²) in [6.45, 7) is 7.30. The van der Waals surface area contributed by atoms with Crippen LogP contribution in [0.1, 0.15) is 58.4 Å². The third-order valence-corrected chi connectivity index (χ3v) is 12.0. The second-order valence-corrected chi connectivity index (χ2v) is 14.8. The molecule has 1 aliphatic carbocycles. The van der Waals surface area contributed by atoms with Crippen LogP contribution in [-0.4, -0.2) is 84.8 Å². The van der Waals surface area contributed by atoms with Crippen LogP contribution in [-0.2, 0) is 20.9 Å². The standard InChI is InChI=1S/C33H43N3O4S/c1-22(2)25(21-37)36-28-31(40)35(24-14-8-5-9-15-24)19-11-17-33(28)27(30(36)39)26-29(38)34(18-10-16-32(26,3)41-33)20-23-12-6-4-7-13-23/h4,6-7,10-13,16-17,22,24-28,37H,5,8-9,14-15,18-21H2,1-3H3/t25-,26-,27-,28?,32+,33-/m0/s1. The summed E-state index contributed by atoms with van der Waals surface area (Å²) in [6.07, 6.45) is 13.7. The van der Waals surface area contributed by atoms with Crippen LogP contribution >= 0.6 is 11.8 Å². The van der Waals surface area contributed by atoms with Crippen molar-refractivity contribution in [3.63, 3.8) is 0 Å². The molecule has 1 aromatic carbocycles. The van der Waals surface area contributed by atoms with Crippen LogP contribution in [0.15, 0.2) is 54.6 Å². The van der Waals surface area contributed by atoms with Crippen LogP contribution < -0.4 is 0 Å². The van der Waals surface area contributed by atoms with Crippen molar-refractivity contribution in [1.82, 2.24) is 14.7 Å². The normalized spacial score (nSPS) is 34.5. The Labute approximate surface area is 248 Å². The van der Waals surface area contributed by atoms with E-state index in [1.807, 2.05) is 54.0 Å². The Kier molecular flexibility index (Phi) is 7.60. The molecule has 0 radical (unpaired) electrons. The number of amides is 3. The van der Waals surface area contributed by atoms with Gasteiger partial charge < -0.3 is 19.8 Å². The van der Waals surface area contributed by atoms with Gasteiger partial charge in [-0.05, 0) is 31.2 Å². The molecule has 7 nitrogen and oxygen atoms in total. The second kappa shape index (κ2) is 10.9. The van der Waals surface area contributed by atoms with E-state index in [9.17, 15) is 19.5 Å². The third kappa shape index (κ3) is 4.56. The number of fused-ring (bicyclic) bond motifs is 2. The van der Waals surface area contributed by atoms with E-state index in [4.69, 9.17) is 0 Å². The molecule has 0 bridgehead atoms. The van der Waals surface area contributed by atoms with Crippen molar-refractivity contribution < 1.29 is 19.5 Å². The lowest BCUT2D eigenvalue weighted by Crippen LogP contribution is -2.59. The summed E-state index contributed by atoms with van der Waals surface area (Å²) >= 11 is 1.62. The maximum atomic E-state index is 14.7. The van der Waals surface area contributed by atoms with Gasteiger partial charge in [-0.3, -0.25) is 14.4 Å². The molecule has 4 heterocycles. The molecular weight excluding hydrogens is 534 g/mol. The Morgan fingerprint density at radius 2 is 1.63 bits per heavy atom. The number of likely N-dealkylation sites (tertiary alicyclic amines) is 1. The van der Waals surface area contributed by atoms with E-state index in [0.717, 1.165) is 31.2 Å². The Morgan fingerprint density at radius 3 is 2.32 bits per heavy atom. The lowest BCUT2D eigenvalue weighted by Gasteiger charge is -2.42. The average molecular weight is 578 g/mol. The van der Waals surface area contributed by atoms with Crippen LogP contribution in [0.25, 0.3) is 0 Å². The summed E-state index contributed by atoms with van der Waals surface area (Å²) in [5, 5.41) is 10.6. The number of benzene rings is 1. The minimum absolute atomic E-state index is 0.0259. The number of carbonyl (C=O) groups excluding carboxylic acids is 3. The van der Waals surface area contributed by atoms with Crippen molar-refractivity contribution >= 4 is 29.5 Å². The first kappa shape index (κ1) is 28.5. The van der Waals surface area contributed by atoms with Crippen molar-refractivity contribution in [1.29, 1.82) is 0 Å². The summed E-state index contributed by atoms with van der Waals surface area (Å²) < 4.78 is -1.51. The SMILES string of the molecule is CC(C)[C@H](CO)N1C(=O)[C@@H]2[C@H]3C(=O)N(Cc4ccccc4)CC=C[C@@]3(C)S[C@@]23C=CCN(C2CCCCC2)C(=O)C13. The highest BCUT2D eigenvalue weighted by Gasteiger charge is 2.74. The van der Waals surface area contributed by atoms with Gasteiger partial charge in [-0.15, -0.1) is 11.8 Å². The molecule has 3 amide bonds. The van der Waals surface area contributed by atoms with Crippen molar-refractivity contribution in [3.05, 3.63) is 60.2 Å². The first-order valence-electron chi connectivity index (χ1n) is 15.3. The second-order valence-electron chi connectivity index (χ2n) is 13.0. The van der Waals surface area contributed by atoms with Gasteiger partial charge in [-0.25, -0.2) is 0 Å². The van der Waals surface area contributed by atoms with Crippen LogP contribution in [0.4, 0.5) is 0 Å². The van der Waals surface area contributed by atoms with E-state index < -0.39 is 33.4 Å². The molecule has 3 fully saturated rings. The highest BCUT2D eigenvalue weighted by Crippen LogP contribution is 2.66. The molecule has 220 valence electrons. The van der Waals surface area contributed by atoms with Crippen molar-refractivity contribution in [2.24, 2.45) is 17.8 Å². The maximum Gasteiger partial charge on any atom is 0.247 e. The number of aliphatic hydroxyl groups is 1. The quantitative estimate of drug-likeness (QED) is 0.517. The van der Waals surface area contributed by atoms with E-state index in [1.165, 1.54) is 6.42 Å². The number of aliphatic hydroxyl groups excluding tert-OH is 1. The number of hydrogen-bond acceptors (Lipinski definition) is 5. The molecule has 1 aromatic rings. The number of rotatable bonds is 6. The van der Waals surface area contributed by atoms with Gasteiger partial charge in [0.25, 0.3) is 0 Å². The molecule has 6 atom stereocenters. The predicted molar refractivity (Wildman–Crippen MR) is 161 cm³/mol. The monoisotopic (exact) mass is 577 g/mol. The zero-order valence-corrected chi connectivity index (χ0v) is 25.3. The van der Waals surface area contributed by atoms with Gasteiger partial charge in [0.05, 0.1) is 29.2 Å². The van der Waals surface area contributed by atoms with Gasteiger partial charge in [-0.1, -0.05) is 87.7 Å². The molecule has 41 heavy (non-hydrogen) atoms. The summed E-state index contributed by atoms with van der Waals surface area (Å²) in [4.78, 5) is 49.5. The van der Waals surface area contributed by atoms with Crippen molar-refractivity contribution in [2.45, 2.75) is 87.0 Å². The van der Waals surface area contributed by atoms with Crippen LogP contribution in [0.5, 0.6) is 0 Å². The lowest BCUT2D eigenvalue weighted by atomic mass is 9.74. The number of thioether (sulfide) groups is 1. The predicted octanol–water partition coefficient (Wildman–Crippen LogP) is 4.02. The highest BCUT2D eigenvalue weighted by atomic mass is 32.2. The largest absolute Gasteiger partial charge is 0.394 e. The number of hydrogen-bond donors (Lipinski definition) is 1.